The summed E-state index contributed by atoms with van der Waals surface area (Å²) in [5, 5.41) is 7.33. The summed E-state index contributed by atoms with van der Waals surface area (Å²) in [5.41, 5.74) is 2.00. The second-order valence-corrected chi connectivity index (χ2v) is 9.11. The maximum absolute atomic E-state index is 13.1. The zero-order valence-electron chi connectivity index (χ0n) is 17.5. The van der Waals surface area contributed by atoms with E-state index in [4.69, 9.17) is 4.42 Å². The Morgan fingerprint density at radius 2 is 1.72 bits per heavy atom. The molecule has 0 saturated carbocycles. The number of carbonyl (C=O) groups excluding carboxylic acids is 1. The van der Waals surface area contributed by atoms with Crippen LogP contribution in [0.5, 0.6) is 0 Å². The van der Waals surface area contributed by atoms with Gasteiger partial charge in [-0.25, -0.2) is 17.8 Å². The molecule has 9 heteroatoms. The van der Waals surface area contributed by atoms with Crippen molar-refractivity contribution >= 4 is 21.6 Å². The van der Waals surface area contributed by atoms with Crippen molar-refractivity contribution in [1.29, 1.82) is 0 Å². The highest BCUT2D eigenvalue weighted by Crippen LogP contribution is 2.23. The summed E-state index contributed by atoms with van der Waals surface area (Å²) in [6.07, 6.45) is 1.54. The monoisotopic (exact) mass is 450 g/mol. The van der Waals surface area contributed by atoms with Crippen LogP contribution in [0.4, 0.5) is 5.69 Å². The summed E-state index contributed by atoms with van der Waals surface area (Å²) in [7, 11) is -3.61. The first-order valence-corrected chi connectivity index (χ1v) is 11.4. The number of benzene rings is 2. The fraction of sp³-hybridized carbons (Fsp3) is 0.130. The van der Waals surface area contributed by atoms with Gasteiger partial charge in [0.1, 0.15) is 11.4 Å². The number of amides is 1. The van der Waals surface area contributed by atoms with E-state index in [2.05, 4.69) is 15.1 Å². The van der Waals surface area contributed by atoms with E-state index in [1.165, 1.54) is 12.1 Å². The molecule has 0 unspecified atom stereocenters. The highest BCUT2D eigenvalue weighted by molar-refractivity contribution is 7.89. The Bertz CT molecular complexity index is 1310. The van der Waals surface area contributed by atoms with Crippen LogP contribution in [0.2, 0.25) is 0 Å². The van der Waals surface area contributed by atoms with E-state index < -0.39 is 15.9 Å². The van der Waals surface area contributed by atoms with Crippen molar-refractivity contribution in [1.82, 2.24) is 14.5 Å². The normalized spacial score (nSPS) is 11.6. The lowest BCUT2D eigenvalue weighted by molar-refractivity contribution is 0.101. The van der Waals surface area contributed by atoms with Crippen molar-refractivity contribution in [2.24, 2.45) is 0 Å². The highest BCUT2D eigenvalue weighted by Gasteiger charge is 2.20. The molecule has 0 aliphatic heterocycles. The number of rotatable bonds is 7. The summed E-state index contributed by atoms with van der Waals surface area (Å²) in [4.78, 5) is 13.2. The molecule has 2 aromatic heterocycles. The lowest BCUT2D eigenvalue weighted by Gasteiger charge is -2.11. The van der Waals surface area contributed by atoms with Crippen LogP contribution in [0.25, 0.3) is 17.1 Å². The molecule has 0 aliphatic carbocycles. The molecule has 0 fully saturated rings. The summed E-state index contributed by atoms with van der Waals surface area (Å²) >= 11 is 0. The van der Waals surface area contributed by atoms with Gasteiger partial charge >= 0.3 is 0 Å². The van der Waals surface area contributed by atoms with Gasteiger partial charge in [0.15, 0.2) is 5.76 Å². The summed E-state index contributed by atoms with van der Waals surface area (Å²) in [6, 6.07) is 20.2. The molecule has 2 heterocycles. The van der Waals surface area contributed by atoms with Gasteiger partial charge in [-0.15, -0.1) is 0 Å². The number of hydrogen-bond donors (Lipinski definition) is 2. The van der Waals surface area contributed by atoms with Crippen molar-refractivity contribution in [3.05, 3.63) is 84.8 Å². The first-order valence-electron chi connectivity index (χ1n) is 9.96. The van der Waals surface area contributed by atoms with Crippen molar-refractivity contribution in [2.45, 2.75) is 24.8 Å². The van der Waals surface area contributed by atoms with Gasteiger partial charge in [-0.2, -0.15) is 5.10 Å². The number of anilines is 1. The molecule has 0 saturated heterocycles. The van der Waals surface area contributed by atoms with E-state index in [-0.39, 0.29) is 10.9 Å². The van der Waals surface area contributed by atoms with Gasteiger partial charge in [0.2, 0.25) is 10.0 Å². The molecule has 2 aromatic carbocycles. The molecule has 4 aromatic rings. The molecular formula is C23H22N4O4S. The number of aromatic nitrogens is 2. The summed E-state index contributed by atoms with van der Waals surface area (Å²) < 4.78 is 34.1. The zero-order valence-corrected chi connectivity index (χ0v) is 18.3. The van der Waals surface area contributed by atoms with E-state index in [1.54, 1.807) is 55.1 Å². The van der Waals surface area contributed by atoms with Crippen molar-refractivity contribution < 1.29 is 17.6 Å². The fourth-order valence-corrected chi connectivity index (χ4v) is 4.40. The van der Waals surface area contributed by atoms with Gasteiger partial charge in [-0.05, 0) is 62.4 Å². The first-order chi connectivity index (χ1) is 15.3. The Morgan fingerprint density at radius 1 is 1.00 bits per heavy atom. The molecule has 164 valence electrons. The number of furan rings is 1. The van der Waals surface area contributed by atoms with E-state index in [0.29, 0.717) is 22.8 Å². The number of hydrogen-bond acceptors (Lipinski definition) is 5. The van der Waals surface area contributed by atoms with Crippen LogP contribution >= 0.6 is 0 Å². The van der Waals surface area contributed by atoms with Crippen LogP contribution in [0, 0.1) is 0 Å². The van der Waals surface area contributed by atoms with Crippen LogP contribution in [-0.4, -0.2) is 30.1 Å². The fourth-order valence-electron chi connectivity index (χ4n) is 3.14. The van der Waals surface area contributed by atoms with Crippen molar-refractivity contribution in [3.8, 4) is 17.1 Å². The minimum atomic E-state index is -3.61. The maximum atomic E-state index is 13.1. The summed E-state index contributed by atoms with van der Waals surface area (Å²) in [5.74, 6) is 0.149. The molecule has 0 aliphatic rings. The zero-order chi connectivity index (χ0) is 22.7. The second kappa shape index (κ2) is 8.81. The Hall–Kier alpha value is -3.69. The first kappa shape index (κ1) is 21.5. The van der Waals surface area contributed by atoms with Gasteiger partial charge in [0, 0.05) is 17.8 Å². The summed E-state index contributed by atoms with van der Waals surface area (Å²) in [6.45, 7) is 3.50. The van der Waals surface area contributed by atoms with Crippen molar-refractivity contribution in [3.63, 3.8) is 0 Å². The largest absolute Gasteiger partial charge is 0.463 e. The molecule has 0 bridgehead atoms. The van der Waals surface area contributed by atoms with Crippen LogP contribution in [0.15, 0.2) is 88.4 Å². The van der Waals surface area contributed by atoms with Crippen LogP contribution in [-0.2, 0) is 10.0 Å². The van der Waals surface area contributed by atoms with Gasteiger partial charge in [-0.1, -0.05) is 18.2 Å². The van der Waals surface area contributed by atoms with E-state index in [9.17, 15) is 13.2 Å². The van der Waals surface area contributed by atoms with Crippen molar-refractivity contribution in [2.75, 3.05) is 5.32 Å². The third-order valence-corrected chi connectivity index (χ3v) is 6.20. The Kier molecular flexibility index (Phi) is 5.93. The predicted octanol–water partition coefficient (Wildman–Crippen LogP) is 4.07. The molecular weight excluding hydrogens is 428 g/mol. The minimum absolute atomic E-state index is 0.124. The predicted molar refractivity (Wildman–Crippen MR) is 121 cm³/mol. The molecule has 32 heavy (non-hydrogen) atoms. The Morgan fingerprint density at radius 3 is 2.34 bits per heavy atom. The van der Waals surface area contributed by atoms with Crippen LogP contribution in [0.3, 0.4) is 0 Å². The van der Waals surface area contributed by atoms with E-state index >= 15 is 0 Å². The van der Waals surface area contributed by atoms with E-state index in [1.807, 2.05) is 30.3 Å². The highest BCUT2D eigenvalue weighted by atomic mass is 32.2. The number of nitrogens with one attached hydrogen (secondary N) is 2. The topological polar surface area (TPSA) is 106 Å². The number of para-hydroxylation sites is 1. The van der Waals surface area contributed by atoms with Crippen LogP contribution < -0.4 is 10.0 Å². The van der Waals surface area contributed by atoms with Gasteiger partial charge in [0.05, 0.1) is 16.8 Å². The molecule has 0 atom stereocenters. The molecule has 0 spiro atoms. The molecule has 4 rings (SSSR count). The smallest absolute Gasteiger partial charge is 0.274 e. The average Bonchev–Trinajstić information content (AvgIpc) is 3.44. The lowest BCUT2D eigenvalue weighted by Crippen LogP contribution is -2.30. The third kappa shape index (κ3) is 4.63. The molecule has 8 nitrogen and oxygen atoms in total. The average molecular weight is 451 g/mol. The number of nitrogens with zero attached hydrogens (tertiary/aromatic N) is 2. The van der Waals surface area contributed by atoms with Crippen LogP contribution in [0.1, 0.15) is 24.3 Å². The van der Waals surface area contributed by atoms with E-state index in [0.717, 1.165) is 5.69 Å². The third-order valence-electron chi connectivity index (χ3n) is 4.53. The Balaban J connectivity index is 1.62. The minimum Gasteiger partial charge on any atom is -0.463 e. The number of sulfonamides is 1. The molecule has 0 radical (unpaired) electrons. The quantitative estimate of drug-likeness (QED) is 0.441. The van der Waals surface area contributed by atoms with Gasteiger partial charge < -0.3 is 9.73 Å². The second-order valence-electron chi connectivity index (χ2n) is 7.39. The molecule has 1 amide bonds. The lowest BCUT2D eigenvalue weighted by atomic mass is 10.2. The van der Waals surface area contributed by atoms with Gasteiger partial charge in [-0.3, -0.25) is 4.79 Å². The standard InChI is InChI=1S/C23H22N4O4S/c1-16(2)26-32(29,30)19-12-10-17(11-13-19)24-23(28)21-15-20(22-9-6-14-31-22)25-27(21)18-7-4-3-5-8-18/h3-16,26H,1-2H3,(H,24,28). The number of carbonyl (C=O) groups is 1. The Labute approximate surface area is 185 Å². The maximum Gasteiger partial charge on any atom is 0.274 e. The van der Waals surface area contributed by atoms with Gasteiger partial charge in [0.25, 0.3) is 5.91 Å². The SMILES string of the molecule is CC(C)NS(=O)(=O)c1ccc(NC(=O)c2cc(-c3ccco3)nn2-c2ccccc2)cc1. The molecule has 2 N–H and O–H groups in total.